The van der Waals surface area contributed by atoms with Crippen molar-refractivity contribution >= 4 is 27.5 Å². The molecular weight excluding hydrogens is 468 g/mol. The van der Waals surface area contributed by atoms with Crippen LogP contribution in [0, 0.1) is 27.7 Å². The van der Waals surface area contributed by atoms with Crippen molar-refractivity contribution in [2.24, 2.45) is 0 Å². The number of halogens is 1. The van der Waals surface area contributed by atoms with Gasteiger partial charge in [0.2, 0.25) is 15.9 Å². The van der Waals surface area contributed by atoms with Gasteiger partial charge in [0.05, 0.1) is 17.5 Å². The molecule has 0 unspecified atom stereocenters. The number of amides is 1. The third-order valence-corrected chi connectivity index (χ3v) is 8.04. The molecule has 3 aromatic carbocycles. The quantitative estimate of drug-likeness (QED) is 0.437. The third-order valence-electron chi connectivity index (χ3n) is 5.98. The Hall–Kier alpha value is -2.67. The van der Waals surface area contributed by atoms with Gasteiger partial charge >= 0.3 is 0 Å². The Kier molecular flexibility index (Phi) is 8.18. The van der Waals surface area contributed by atoms with Gasteiger partial charge in [-0.1, -0.05) is 53.6 Å². The number of carbonyl (C=O) groups is 1. The number of sulfonamides is 1. The topological polar surface area (TPSA) is 66.5 Å². The standard InChI is InChI=1S/C27H31ClN2O3S/c1-18-6-12-25(13-7-18)34(32,33)30(16-23-8-10-24(28)11-9-23)17-27(31)29-22(5)26-15-20(3)19(2)14-21(26)4/h6-15,22H,16-17H2,1-5H3,(H,29,31)/t22-/m0/s1. The zero-order chi connectivity index (χ0) is 25.0. The van der Waals surface area contributed by atoms with Crippen LogP contribution in [0.3, 0.4) is 0 Å². The van der Waals surface area contributed by atoms with Gasteiger partial charge in [-0.2, -0.15) is 4.31 Å². The Bertz CT molecular complexity index is 1270. The summed E-state index contributed by atoms with van der Waals surface area (Å²) in [7, 11) is -3.90. The SMILES string of the molecule is Cc1ccc(S(=O)(=O)N(CC(=O)N[C@@H](C)c2cc(C)c(C)cc2C)Cc2ccc(Cl)cc2)cc1. The molecule has 0 heterocycles. The van der Waals surface area contributed by atoms with Crippen molar-refractivity contribution in [1.29, 1.82) is 0 Å². The van der Waals surface area contributed by atoms with Gasteiger partial charge in [-0.25, -0.2) is 8.42 Å². The van der Waals surface area contributed by atoms with Crippen LogP contribution in [-0.2, 0) is 21.4 Å². The summed E-state index contributed by atoms with van der Waals surface area (Å²) >= 11 is 5.99. The van der Waals surface area contributed by atoms with E-state index in [1.165, 1.54) is 9.87 Å². The Morgan fingerprint density at radius 3 is 2.12 bits per heavy atom. The van der Waals surface area contributed by atoms with Gasteiger partial charge in [0.1, 0.15) is 0 Å². The molecule has 1 N–H and O–H groups in total. The maximum absolute atomic E-state index is 13.5. The summed E-state index contributed by atoms with van der Waals surface area (Å²) in [4.78, 5) is 13.2. The largest absolute Gasteiger partial charge is 0.348 e. The summed E-state index contributed by atoms with van der Waals surface area (Å²) in [5.41, 5.74) is 6.14. The molecule has 3 rings (SSSR count). The number of aryl methyl sites for hydroxylation is 4. The van der Waals surface area contributed by atoms with Crippen molar-refractivity contribution < 1.29 is 13.2 Å². The lowest BCUT2D eigenvalue weighted by molar-refractivity contribution is -0.122. The van der Waals surface area contributed by atoms with Gasteiger partial charge in [0, 0.05) is 11.6 Å². The van der Waals surface area contributed by atoms with Gasteiger partial charge in [-0.15, -0.1) is 0 Å². The van der Waals surface area contributed by atoms with Gasteiger partial charge in [0.15, 0.2) is 0 Å². The molecule has 180 valence electrons. The predicted molar refractivity (Wildman–Crippen MR) is 137 cm³/mol. The number of nitrogens with zero attached hydrogens (tertiary/aromatic N) is 1. The monoisotopic (exact) mass is 498 g/mol. The molecule has 0 aliphatic carbocycles. The lowest BCUT2D eigenvalue weighted by Crippen LogP contribution is -2.41. The van der Waals surface area contributed by atoms with E-state index >= 15 is 0 Å². The highest BCUT2D eigenvalue weighted by atomic mass is 35.5. The molecule has 0 bridgehead atoms. The minimum Gasteiger partial charge on any atom is -0.348 e. The first-order valence-corrected chi connectivity index (χ1v) is 13.0. The van der Waals surface area contributed by atoms with Crippen molar-refractivity contribution in [1.82, 2.24) is 9.62 Å². The molecule has 0 saturated heterocycles. The summed E-state index contributed by atoms with van der Waals surface area (Å²) in [5, 5.41) is 3.54. The first-order chi connectivity index (χ1) is 16.0. The van der Waals surface area contributed by atoms with E-state index in [1.807, 2.05) is 27.7 Å². The van der Waals surface area contributed by atoms with E-state index in [9.17, 15) is 13.2 Å². The molecule has 34 heavy (non-hydrogen) atoms. The number of rotatable bonds is 8. The summed E-state index contributed by atoms with van der Waals surface area (Å²) in [6.07, 6.45) is 0. The second-order valence-electron chi connectivity index (χ2n) is 8.79. The van der Waals surface area contributed by atoms with Crippen molar-refractivity contribution in [2.45, 2.75) is 52.1 Å². The minimum atomic E-state index is -3.90. The first kappa shape index (κ1) is 25.9. The molecule has 0 fully saturated rings. The number of nitrogens with one attached hydrogen (secondary N) is 1. The summed E-state index contributed by atoms with van der Waals surface area (Å²) in [5.74, 6) is -0.366. The van der Waals surface area contributed by atoms with Gasteiger partial charge < -0.3 is 5.32 Å². The summed E-state index contributed by atoms with van der Waals surface area (Å²) in [6, 6.07) is 17.5. The minimum absolute atomic E-state index is 0.0534. The maximum Gasteiger partial charge on any atom is 0.243 e. The highest BCUT2D eigenvalue weighted by Gasteiger charge is 2.27. The smallest absolute Gasteiger partial charge is 0.243 e. The highest BCUT2D eigenvalue weighted by molar-refractivity contribution is 7.89. The summed E-state index contributed by atoms with van der Waals surface area (Å²) < 4.78 is 28.1. The van der Waals surface area contributed by atoms with Crippen LogP contribution >= 0.6 is 11.6 Å². The molecule has 1 amide bonds. The van der Waals surface area contributed by atoms with Gasteiger partial charge in [-0.05, 0) is 86.7 Å². The number of hydrogen-bond acceptors (Lipinski definition) is 3. The molecule has 7 heteroatoms. The second-order valence-corrected chi connectivity index (χ2v) is 11.2. The second kappa shape index (κ2) is 10.7. The van der Waals surface area contributed by atoms with Crippen molar-refractivity contribution in [3.63, 3.8) is 0 Å². The van der Waals surface area contributed by atoms with E-state index in [0.29, 0.717) is 5.02 Å². The molecule has 0 aromatic heterocycles. The van der Waals surface area contributed by atoms with E-state index < -0.39 is 10.0 Å². The van der Waals surface area contributed by atoms with Crippen molar-refractivity contribution in [3.8, 4) is 0 Å². The Labute approximate surface area is 207 Å². The molecule has 0 radical (unpaired) electrons. The van der Waals surface area contributed by atoms with E-state index in [4.69, 9.17) is 11.6 Å². The lowest BCUT2D eigenvalue weighted by atomic mass is 9.96. The fraction of sp³-hybridized carbons (Fsp3) is 0.296. The van der Waals surface area contributed by atoms with Crippen LogP contribution in [0.15, 0.2) is 65.6 Å². The van der Waals surface area contributed by atoms with Gasteiger partial charge in [0.25, 0.3) is 0 Å². The predicted octanol–water partition coefficient (Wildman–Crippen LogP) is 5.64. The van der Waals surface area contributed by atoms with Crippen molar-refractivity contribution in [2.75, 3.05) is 6.54 Å². The molecule has 3 aromatic rings. The van der Waals surface area contributed by atoms with Gasteiger partial charge in [-0.3, -0.25) is 4.79 Å². The molecular formula is C27H31ClN2O3S. The van der Waals surface area contributed by atoms with Crippen LogP contribution in [0.2, 0.25) is 5.02 Å². The fourth-order valence-electron chi connectivity index (χ4n) is 3.85. The fourth-order valence-corrected chi connectivity index (χ4v) is 5.36. The van der Waals surface area contributed by atoms with Crippen LogP contribution in [0.1, 0.15) is 46.3 Å². The van der Waals surface area contributed by atoms with E-state index in [1.54, 1.807) is 48.5 Å². The Morgan fingerprint density at radius 1 is 0.912 bits per heavy atom. The molecule has 0 spiro atoms. The number of carbonyl (C=O) groups excluding carboxylic acids is 1. The Balaban J connectivity index is 1.85. The van der Waals surface area contributed by atoms with Crippen LogP contribution in [0.25, 0.3) is 0 Å². The van der Waals surface area contributed by atoms with Crippen LogP contribution in [-0.4, -0.2) is 25.2 Å². The first-order valence-electron chi connectivity index (χ1n) is 11.2. The normalized spacial score (nSPS) is 12.6. The van der Waals surface area contributed by atoms with E-state index in [-0.39, 0.29) is 29.9 Å². The molecule has 0 aliphatic rings. The van der Waals surface area contributed by atoms with Crippen LogP contribution < -0.4 is 5.32 Å². The van der Waals surface area contributed by atoms with E-state index in [2.05, 4.69) is 24.4 Å². The van der Waals surface area contributed by atoms with E-state index in [0.717, 1.165) is 27.8 Å². The average molecular weight is 499 g/mol. The molecule has 0 aliphatic heterocycles. The third kappa shape index (κ3) is 6.26. The number of hydrogen-bond donors (Lipinski definition) is 1. The zero-order valence-electron chi connectivity index (χ0n) is 20.2. The molecule has 1 atom stereocenters. The average Bonchev–Trinajstić information content (AvgIpc) is 2.77. The maximum atomic E-state index is 13.5. The summed E-state index contributed by atoms with van der Waals surface area (Å²) in [6.45, 7) is 9.66. The molecule has 0 saturated carbocycles. The lowest BCUT2D eigenvalue weighted by Gasteiger charge is -2.24. The zero-order valence-corrected chi connectivity index (χ0v) is 21.8. The van der Waals surface area contributed by atoms with Crippen LogP contribution in [0.4, 0.5) is 0 Å². The number of benzene rings is 3. The Morgan fingerprint density at radius 2 is 1.50 bits per heavy atom. The molecule has 5 nitrogen and oxygen atoms in total. The van der Waals surface area contributed by atoms with Crippen LogP contribution in [0.5, 0.6) is 0 Å². The highest BCUT2D eigenvalue weighted by Crippen LogP contribution is 2.23. The van der Waals surface area contributed by atoms with Crippen molar-refractivity contribution in [3.05, 3.63) is 99.1 Å².